The molecule has 1 rings (SSSR count). The summed E-state index contributed by atoms with van der Waals surface area (Å²) in [4.78, 5) is 10.4. The number of carbonyl (C=O) groups is 1. The van der Waals surface area contributed by atoms with Gasteiger partial charge in [0.15, 0.2) is 5.22 Å². The van der Waals surface area contributed by atoms with Crippen molar-refractivity contribution >= 4 is 29.3 Å². The molecule has 0 spiro atoms. The van der Waals surface area contributed by atoms with Crippen LogP contribution in [-0.2, 0) is 10.5 Å². The standard InChI is InChI=1S/C9H12ClNO3S/c10-8-2-1-6(14-8)5-15-4-3-7(11)9(12)13/h1-2,7H,3-5,11H2,(H,12,13). The Morgan fingerprint density at radius 2 is 2.40 bits per heavy atom. The second-order valence-corrected chi connectivity index (χ2v) is 4.47. The van der Waals surface area contributed by atoms with Gasteiger partial charge in [-0.1, -0.05) is 0 Å². The van der Waals surface area contributed by atoms with E-state index in [0.717, 1.165) is 5.76 Å². The van der Waals surface area contributed by atoms with Crippen molar-refractivity contribution in [3.63, 3.8) is 0 Å². The molecule has 4 nitrogen and oxygen atoms in total. The van der Waals surface area contributed by atoms with Crippen LogP contribution in [-0.4, -0.2) is 22.9 Å². The van der Waals surface area contributed by atoms with Gasteiger partial charge in [-0.15, -0.1) is 0 Å². The number of nitrogens with two attached hydrogens (primary N) is 1. The minimum absolute atomic E-state index is 0.368. The molecule has 6 heteroatoms. The number of aliphatic carboxylic acids is 1. The minimum atomic E-state index is -0.961. The van der Waals surface area contributed by atoms with Crippen LogP contribution in [0.2, 0.25) is 5.22 Å². The molecule has 1 aromatic rings. The van der Waals surface area contributed by atoms with Gasteiger partial charge in [-0.05, 0) is 35.9 Å². The van der Waals surface area contributed by atoms with Crippen molar-refractivity contribution in [3.8, 4) is 0 Å². The smallest absolute Gasteiger partial charge is 0.320 e. The molecule has 1 unspecified atom stereocenters. The van der Waals surface area contributed by atoms with Crippen molar-refractivity contribution in [2.24, 2.45) is 5.73 Å². The predicted octanol–water partition coefficient (Wildman–Crippen LogP) is 1.97. The van der Waals surface area contributed by atoms with Crippen LogP contribution in [0.25, 0.3) is 0 Å². The summed E-state index contributed by atoms with van der Waals surface area (Å²) in [7, 11) is 0. The summed E-state index contributed by atoms with van der Waals surface area (Å²) in [6.07, 6.45) is 0.453. The quantitative estimate of drug-likeness (QED) is 0.754. The summed E-state index contributed by atoms with van der Waals surface area (Å²) < 4.78 is 5.14. The summed E-state index contributed by atoms with van der Waals surface area (Å²) >= 11 is 7.16. The molecule has 0 aromatic carbocycles. The fourth-order valence-corrected chi connectivity index (χ4v) is 2.02. The Morgan fingerprint density at radius 3 is 2.93 bits per heavy atom. The van der Waals surface area contributed by atoms with Gasteiger partial charge in [-0.25, -0.2) is 0 Å². The van der Waals surface area contributed by atoms with Crippen LogP contribution in [0.4, 0.5) is 0 Å². The average molecular weight is 250 g/mol. The molecule has 0 fully saturated rings. The van der Waals surface area contributed by atoms with Gasteiger partial charge in [0.25, 0.3) is 0 Å². The number of halogens is 1. The molecule has 0 aliphatic heterocycles. The Morgan fingerprint density at radius 1 is 1.67 bits per heavy atom. The molecular weight excluding hydrogens is 238 g/mol. The van der Waals surface area contributed by atoms with E-state index in [1.807, 2.05) is 0 Å². The number of rotatable bonds is 6. The van der Waals surface area contributed by atoms with E-state index in [2.05, 4.69) is 0 Å². The summed E-state index contributed by atoms with van der Waals surface area (Å²) in [6, 6.07) is 2.70. The van der Waals surface area contributed by atoms with E-state index in [0.29, 0.717) is 23.1 Å². The SMILES string of the molecule is NC(CCSCc1ccc(Cl)o1)C(=O)O. The van der Waals surface area contributed by atoms with Gasteiger partial charge in [0.1, 0.15) is 11.8 Å². The maximum absolute atomic E-state index is 10.4. The van der Waals surface area contributed by atoms with E-state index in [-0.39, 0.29) is 0 Å². The monoisotopic (exact) mass is 249 g/mol. The number of carboxylic acids is 1. The Labute approximate surface area is 96.8 Å². The fraction of sp³-hybridized carbons (Fsp3) is 0.444. The Bertz CT molecular complexity index is 329. The first-order chi connectivity index (χ1) is 7.09. The maximum atomic E-state index is 10.4. The molecule has 1 heterocycles. The van der Waals surface area contributed by atoms with Crippen LogP contribution in [0.3, 0.4) is 0 Å². The van der Waals surface area contributed by atoms with Crippen LogP contribution >= 0.6 is 23.4 Å². The third kappa shape index (κ3) is 4.59. The Hall–Kier alpha value is -0.650. The van der Waals surface area contributed by atoms with Crippen LogP contribution in [0, 0.1) is 0 Å². The molecule has 15 heavy (non-hydrogen) atoms. The van der Waals surface area contributed by atoms with Gasteiger partial charge < -0.3 is 15.3 Å². The largest absolute Gasteiger partial charge is 0.480 e. The average Bonchev–Trinajstić information content (AvgIpc) is 2.58. The van der Waals surface area contributed by atoms with Crippen molar-refractivity contribution in [1.82, 2.24) is 0 Å². The lowest BCUT2D eigenvalue weighted by Gasteiger charge is -2.04. The molecule has 0 aliphatic rings. The second kappa shape index (κ2) is 6.05. The lowest BCUT2D eigenvalue weighted by molar-refractivity contribution is -0.138. The van der Waals surface area contributed by atoms with Gasteiger partial charge in [-0.3, -0.25) is 4.79 Å². The normalized spacial score (nSPS) is 12.7. The van der Waals surface area contributed by atoms with Gasteiger partial charge in [0.05, 0.1) is 5.75 Å². The fourth-order valence-electron chi connectivity index (χ4n) is 0.936. The molecule has 0 amide bonds. The van der Waals surface area contributed by atoms with Crippen LogP contribution in [0.15, 0.2) is 16.5 Å². The van der Waals surface area contributed by atoms with Gasteiger partial charge in [0, 0.05) is 0 Å². The molecule has 0 radical (unpaired) electrons. The highest BCUT2D eigenvalue weighted by Crippen LogP contribution is 2.19. The van der Waals surface area contributed by atoms with Crippen molar-refractivity contribution in [2.75, 3.05) is 5.75 Å². The van der Waals surface area contributed by atoms with Crippen molar-refractivity contribution in [2.45, 2.75) is 18.2 Å². The van der Waals surface area contributed by atoms with E-state index in [1.54, 1.807) is 23.9 Å². The van der Waals surface area contributed by atoms with E-state index in [1.165, 1.54) is 0 Å². The minimum Gasteiger partial charge on any atom is -0.480 e. The van der Waals surface area contributed by atoms with Gasteiger partial charge in [0.2, 0.25) is 0 Å². The summed E-state index contributed by atoms with van der Waals surface area (Å²) in [5, 5.41) is 8.90. The molecule has 0 aliphatic carbocycles. The summed E-state index contributed by atoms with van der Waals surface area (Å²) in [6.45, 7) is 0. The molecule has 3 N–H and O–H groups in total. The lowest BCUT2D eigenvalue weighted by atomic mass is 10.2. The molecule has 1 aromatic heterocycles. The number of thioether (sulfide) groups is 1. The summed E-state index contributed by atoms with van der Waals surface area (Å²) in [5.74, 6) is 1.19. The zero-order valence-electron chi connectivity index (χ0n) is 7.98. The first-order valence-corrected chi connectivity index (χ1v) is 5.93. The molecule has 1 atom stereocenters. The Kier molecular flexibility index (Phi) is 5.01. The Balaban J connectivity index is 2.14. The van der Waals surface area contributed by atoms with Gasteiger partial charge in [-0.2, -0.15) is 11.8 Å². The second-order valence-electron chi connectivity index (χ2n) is 2.99. The highest BCUT2D eigenvalue weighted by Gasteiger charge is 2.10. The topological polar surface area (TPSA) is 76.5 Å². The number of furan rings is 1. The first kappa shape index (κ1) is 12.4. The zero-order valence-corrected chi connectivity index (χ0v) is 9.55. The summed E-state index contributed by atoms with van der Waals surface area (Å²) in [5.41, 5.74) is 5.34. The molecule has 0 bridgehead atoms. The van der Waals surface area contributed by atoms with Crippen molar-refractivity contribution in [1.29, 1.82) is 0 Å². The van der Waals surface area contributed by atoms with Crippen molar-refractivity contribution in [3.05, 3.63) is 23.1 Å². The maximum Gasteiger partial charge on any atom is 0.320 e. The molecular formula is C9H12ClNO3S. The van der Waals surface area contributed by atoms with Crippen molar-refractivity contribution < 1.29 is 14.3 Å². The van der Waals surface area contributed by atoms with Crippen LogP contribution in [0.5, 0.6) is 0 Å². The molecule has 0 saturated carbocycles. The van der Waals surface area contributed by atoms with Crippen LogP contribution in [0.1, 0.15) is 12.2 Å². The van der Waals surface area contributed by atoms with E-state index in [9.17, 15) is 4.79 Å². The van der Waals surface area contributed by atoms with Crippen LogP contribution < -0.4 is 5.73 Å². The van der Waals surface area contributed by atoms with E-state index < -0.39 is 12.0 Å². The predicted molar refractivity (Wildman–Crippen MR) is 60.1 cm³/mol. The lowest BCUT2D eigenvalue weighted by Crippen LogP contribution is -2.30. The third-order valence-electron chi connectivity index (χ3n) is 1.76. The van der Waals surface area contributed by atoms with E-state index >= 15 is 0 Å². The molecule has 84 valence electrons. The number of hydrogen-bond acceptors (Lipinski definition) is 4. The van der Waals surface area contributed by atoms with E-state index in [4.69, 9.17) is 26.9 Å². The zero-order chi connectivity index (χ0) is 11.3. The van der Waals surface area contributed by atoms with Gasteiger partial charge >= 0.3 is 5.97 Å². The highest BCUT2D eigenvalue weighted by atomic mass is 35.5. The highest BCUT2D eigenvalue weighted by molar-refractivity contribution is 7.98. The molecule has 0 saturated heterocycles. The first-order valence-electron chi connectivity index (χ1n) is 4.40. The number of hydrogen-bond donors (Lipinski definition) is 2. The number of carboxylic acid groups (broad SMARTS) is 1. The third-order valence-corrected chi connectivity index (χ3v) is 2.98.